The second kappa shape index (κ2) is 4.52. The van der Waals surface area contributed by atoms with Gasteiger partial charge in [0.15, 0.2) is 0 Å². The molecule has 1 unspecified atom stereocenters. The smallest absolute Gasteiger partial charge is 0.222 e. The number of carbonyl (C=O) groups is 1. The van der Waals surface area contributed by atoms with E-state index in [1.807, 2.05) is 4.90 Å². The summed E-state index contributed by atoms with van der Waals surface area (Å²) in [4.78, 5) is 13.9. The maximum absolute atomic E-state index is 11.8. The predicted octanol–water partition coefficient (Wildman–Crippen LogP) is 1.82. The minimum Gasteiger partial charge on any atom is -0.381 e. The summed E-state index contributed by atoms with van der Waals surface area (Å²) in [6.07, 6.45) is 5.15. The molecular formula is C12H21NO2. The standard InChI is InChI=1S/C12H21NO2/c1-2-3-4-11(14)13-7-5-12(9-13)6-8-15-10-12/h2-10H2,1H3. The number of hydrogen-bond donors (Lipinski definition) is 0. The van der Waals surface area contributed by atoms with E-state index >= 15 is 0 Å². The van der Waals surface area contributed by atoms with Crippen molar-refractivity contribution in [3.8, 4) is 0 Å². The third-order valence-electron chi connectivity index (χ3n) is 3.72. The first-order valence-corrected chi connectivity index (χ1v) is 6.11. The van der Waals surface area contributed by atoms with Crippen LogP contribution in [-0.2, 0) is 9.53 Å². The second-order valence-corrected chi connectivity index (χ2v) is 4.97. The number of nitrogens with zero attached hydrogens (tertiary/aromatic N) is 1. The van der Waals surface area contributed by atoms with E-state index in [1.54, 1.807) is 0 Å². The average Bonchev–Trinajstić information content (AvgIpc) is 2.86. The van der Waals surface area contributed by atoms with Crippen LogP contribution in [0, 0.1) is 5.41 Å². The van der Waals surface area contributed by atoms with E-state index in [9.17, 15) is 4.79 Å². The quantitative estimate of drug-likeness (QED) is 0.712. The molecule has 0 radical (unpaired) electrons. The van der Waals surface area contributed by atoms with Gasteiger partial charge in [-0.25, -0.2) is 0 Å². The fraction of sp³-hybridized carbons (Fsp3) is 0.917. The summed E-state index contributed by atoms with van der Waals surface area (Å²) >= 11 is 0. The second-order valence-electron chi connectivity index (χ2n) is 4.97. The Morgan fingerprint density at radius 1 is 1.47 bits per heavy atom. The van der Waals surface area contributed by atoms with E-state index in [-0.39, 0.29) is 0 Å². The molecule has 2 rings (SSSR count). The number of carbonyl (C=O) groups excluding carboxylic acids is 1. The van der Waals surface area contributed by atoms with Crippen LogP contribution in [0.25, 0.3) is 0 Å². The molecule has 1 amide bonds. The van der Waals surface area contributed by atoms with Crippen molar-refractivity contribution in [2.24, 2.45) is 5.41 Å². The molecule has 0 N–H and O–H groups in total. The van der Waals surface area contributed by atoms with Crippen LogP contribution in [0.2, 0.25) is 0 Å². The van der Waals surface area contributed by atoms with Gasteiger partial charge in [0.1, 0.15) is 0 Å². The Kier molecular flexibility index (Phi) is 3.29. The van der Waals surface area contributed by atoms with Gasteiger partial charge in [0.2, 0.25) is 5.91 Å². The molecule has 15 heavy (non-hydrogen) atoms. The normalized spacial score (nSPS) is 30.3. The van der Waals surface area contributed by atoms with Crippen LogP contribution >= 0.6 is 0 Å². The van der Waals surface area contributed by atoms with Gasteiger partial charge in [0.05, 0.1) is 6.61 Å². The fourth-order valence-electron chi connectivity index (χ4n) is 2.61. The summed E-state index contributed by atoms with van der Waals surface area (Å²) in [5.41, 5.74) is 0.321. The van der Waals surface area contributed by atoms with Gasteiger partial charge in [-0.2, -0.15) is 0 Å². The molecule has 2 aliphatic rings. The number of likely N-dealkylation sites (tertiary alicyclic amines) is 1. The lowest BCUT2D eigenvalue weighted by Gasteiger charge is -2.21. The Morgan fingerprint density at radius 3 is 3.00 bits per heavy atom. The molecule has 0 bridgehead atoms. The molecule has 2 aliphatic heterocycles. The molecule has 1 atom stereocenters. The van der Waals surface area contributed by atoms with E-state index in [0.717, 1.165) is 58.4 Å². The molecule has 0 aromatic carbocycles. The van der Waals surface area contributed by atoms with Crippen LogP contribution in [0.1, 0.15) is 39.0 Å². The van der Waals surface area contributed by atoms with Crippen LogP contribution in [0.4, 0.5) is 0 Å². The Morgan fingerprint density at radius 2 is 2.33 bits per heavy atom. The van der Waals surface area contributed by atoms with E-state index in [2.05, 4.69) is 6.92 Å². The summed E-state index contributed by atoms with van der Waals surface area (Å²) in [6.45, 7) is 5.77. The lowest BCUT2D eigenvalue weighted by molar-refractivity contribution is -0.130. The van der Waals surface area contributed by atoms with Crippen molar-refractivity contribution in [3.63, 3.8) is 0 Å². The van der Waals surface area contributed by atoms with E-state index in [4.69, 9.17) is 4.74 Å². The van der Waals surface area contributed by atoms with Gasteiger partial charge in [0.25, 0.3) is 0 Å². The Hall–Kier alpha value is -0.570. The third kappa shape index (κ3) is 2.33. The number of hydrogen-bond acceptors (Lipinski definition) is 2. The zero-order chi connectivity index (χ0) is 10.7. The molecule has 0 saturated carbocycles. The summed E-state index contributed by atoms with van der Waals surface area (Å²) < 4.78 is 5.45. The Balaban J connectivity index is 1.83. The molecular weight excluding hydrogens is 190 g/mol. The lowest BCUT2D eigenvalue weighted by Crippen LogP contribution is -2.32. The van der Waals surface area contributed by atoms with Crippen LogP contribution in [-0.4, -0.2) is 37.1 Å². The molecule has 2 heterocycles. The Bertz CT molecular complexity index is 234. The van der Waals surface area contributed by atoms with Gasteiger partial charge in [0, 0.05) is 31.5 Å². The first-order valence-electron chi connectivity index (χ1n) is 6.11. The highest BCUT2D eigenvalue weighted by Crippen LogP contribution is 2.38. The zero-order valence-electron chi connectivity index (χ0n) is 9.63. The summed E-state index contributed by atoms with van der Waals surface area (Å²) in [7, 11) is 0. The van der Waals surface area contributed by atoms with Gasteiger partial charge >= 0.3 is 0 Å². The van der Waals surface area contributed by atoms with Gasteiger partial charge in [-0.15, -0.1) is 0 Å². The predicted molar refractivity (Wildman–Crippen MR) is 58.6 cm³/mol. The largest absolute Gasteiger partial charge is 0.381 e. The van der Waals surface area contributed by atoms with Crippen molar-refractivity contribution in [2.75, 3.05) is 26.3 Å². The first-order chi connectivity index (χ1) is 7.26. The molecule has 0 aromatic heterocycles. The maximum Gasteiger partial charge on any atom is 0.222 e. The highest BCUT2D eigenvalue weighted by Gasteiger charge is 2.42. The summed E-state index contributed by atoms with van der Waals surface area (Å²) in [5, 5.41) is 0. The fourth-order valence-corrected chi connectivity index (χ4v) is 2.61. The van der Waals surface area contributed by atoms with E-state index in [1.165, 1.54) is 0 Å². The molecule has 0 aliphatic carbocycles. The number of amides is 1. The molecule has 2 fully saturated rings. The highest BCUT2D eigenvalue weighted by molar-refractivity contribution is 5.76. The van der Waals surface area contributed by atoms with Gasteiger partial charge < -0.3 is 9.64 Å². The van der Waals surface area contributed by atoms with Crippen molar-refractivity contribution in [3.05, 3.63) is 0 Å². The molecule has 1 spiro atoms. The third-order valence-corrected chi connectivity index (χ3v) is 3.72. The molecule has 3 nitrogen and oxygen atoms in total. The summed E-state index contributed by atoms with van der Waals surface area (Å²) in [6, 6.07) is 0. The molecule has 3 heteroatoms. The van der Waals surface area contributed by atoms with Crippen molar-refractivity contribution >= 4 is 5.91 Å². The van der Waals surface area contributed by atoms with Crippen LogP contribution in [0.15, 0.2) is 0 Å². The van der Waals surface area contributed by atoms with Crippen molar-refractivity contribution < 1.29 is 9.53 Å². The number of rotatable bonds is 3. The minimum absolute atomic E-state index is 0.321. The first kappa shape index (κ1) is 10.9. The Labute approximate surface area is 91.8 Å². The zero-order valence-corrected chi connectivity index (χ0v) is 9.63. The van der Waals surface area contributed by atoms with Gasteiger partial charge in [-0.1, -0.05) is 13.3 Å². The number of unbranched alkanes of at least 4 members (excludes halogenated alkanes) is 1. The molecule has 2 saturated heterocycles. The van der Waals surface area contributed by atoms with Crippen molar-refractivity contribution in [1.29, 1.82) is 0 Å². The van der Waals surface area contributed by atoms with Crippen LogP contribution < -0.4 is 0 Å². The minimum atomic E-state index is 0.321. The van der Waals surface area contributed by atoms with Crippen molar-refractivity contribution in [1.82, 2.24) is 4.90 Å². The van der Waals surface area contributed by atoms with Gasteiger partial charge in [-0.3, -0.25) is 4.79 Å². The van der Waals surface area contributed by atoms with E-state index in [0.29, 0.717) is 11.3 Å². The maximum atomic E-state index is 11.8. The SMILES string of the molecule is CCCCC(=O)N1CCC2(CCOC2)C1. The lowest BCUT2D eigenvalue weighted by atomic mass is 9.87. The average molecular weight is 211 g/mol. The molecule has 0 aromatic rings. The highest BCUT2D eigenvalue weighted by atomic mass is 16.5. The van der Waals surface area contributed by atoms with Gasteiger partial charge in [-0.05, 0) is 19.3 Å². The summed E-state index contributed by atoms with van der Waals surface area (Å²) in [5.74, 6) is 0.348. The number of ether oxygens (including phenoxy) is 1. The molecule has 86 valence electrons. The monoisotopic (exact) mass is 211 g/mol. The van der Waals surface area contributed by atoms with Crippen LogP contribution in [0.5, 0.6) is 0 Å². The topological polar surface area (TPSA) is 29.5 Å². The van der Waals surface area contributed by atoms with E-state index < -0.39 is 0 Å². The van der Waals surface area contributed by atoms with Crippen molar-refractivity contribution in [2.45, 2.75) is 39.0 Å². The van der Waals surface area contributed by atoms with Crippen LogP contribution in [0.3, 0.4) is 0 Å².